The first kappa shape index (κ1) is 14.7. The number of aromatic nitrogens is 1. The lowest BCUT2D eigenvalue weighted by Crippen LogP contribution is -2.27. The van der Waals surface area contributed by atoms with E-state index in [1.807, 2.05) is 12.3 Å². The molecule has 100 valence electrons. The molecule has 1 N–H and O–H groups in total. The van der Waals surface area contributed by atoms with Gasteiger partial charge in [-0.3, -0.25) is 0 Å². The zero-order valence-corrected chi connectivity index (χ0v) is 11.9. The van der Waals surface area contributed by atoms with Gasteiger partial charge in [-0.25, -0.2) is 4.98 Å². The normalized spacial score (nSPS) is 10.4. The minimum Gasteiger partial charge on any atom is -0.353 e. The summed E-state index contributed by atoms with van der Waals surface area (Å²) in [6.07, 6.45) is 3.01. The summed E-state index contributed by atoms with van der Waals surface area (Å²) in [5.41, 5.74) is 2.42. The molecule has 3 nitrogen and oxygen atoms in total. The van der Waals surface area contributed by atoms with Gasteiger partial charge in [0.2, 0.25) is 0 Å². The molecule has 0 fully saturated rings. The molecular formula is C15H25N3. The van der Waals surface area contributed by atoms with Crippen molar-refractivity contribution >= 4 is 5.82 Å². The summed E-state index contributed by atoms with van der Waals surface area (Å²) in [5.74, 6) is 1.08. The van der Waals surface area contributed by atoms with Crippen molar-refractivity contribution in [3.63, 3.8) is 0 Å². The van der Waals surface area contributed by atoms with Crippen molar-refractivity contribution in [2.24, 2.45) is 0 Å². The van der Waals surface area contributed by atoms with Crippen molar-refractivity contribution in [1.29, 1.82) is 0 Å². The fraction of sp³-hybridized carbons (Fsp3) is 0.533. The number of rotatable bonds is 8. The number of likely N-dealkylation sites (N-methyl/N-ethyl adjacent to an activating group) is 1. The van der Waals surface area contributed by atoms with Gasteiger partial charge in [0, 0.05) is 31.4 Å². The Balaban J connectivity index is 2.81. The topological polar surface area (TPSA) is 28.2 Å². The van der Waals surface area contributed by atoms with Crippen molar-refractivity contribution < 1.29 is 0 Å². The predicted octanol–water partition coefficient (Wildman–Crippen LogP) is 2.98. The Bertz CT molecular complexity index is 374. The molecule has 0 amide bonds. The van der Waals surface area contributed by atoms with Crippen LogP contribution < -0.4 is 10.2 Å². The second-order valence-corrected chi connectivity index (χ2v) is 4.63. The molecule has 3 heteroatoms. The third-order valence-electron chi connectivity index (χ3n) is 2.75. The van der Waals surface area contributed by atoms with Gasteiger partial charge in [0.15, 0.2) is 0 Å². The van der Waals surface area contributed by atoms with Crippen LogP contribution in [0, 0.1) is 0 Å². The third kappa shape index (κ3) is 4.49. The van der Waals surface area contributed by atoms with Crippen LogP contribution in [-0.4, -0.2) is 24.6 Å². The zero-order valence-electron chi connectivity index (χ0n) is 11.9. The molecule has 0 aliphatic heterocycles. The highest BCUT2D eigenvalue weighted by Gasteiger charge is 2.10. The summed E-state index contributed by atoms with van der Waals surface area (Å²) >= 11 is 0. The van der Waals surface area contributed by atoms with Crippen molar-refractivity contribution in [1.82, 2.24) is 10.3 Å². The van der Waals surface area contributed by atoms with Gasteiger partial charge in [-0.1, -0.05) is 25.1 Å². The van der Waals surface area contributed by atoms with E-state index in [1.54, 1.807) is 0 Å². The fourth-order valence-corrected chi connectivity index (χ4v) is 1.92. The molecule has 0 atom stereocenters. The molecule has 0 unspecified atom stereocenters. The van der Waals surface area contributed by atoms with Gasteiger partial charge in [0.05, 0.1) is 0 Å². The Kier molecular flexibility index (Phi) is 6.44. The number of pyridine rings is 1. The summed E-state index contributed by atoms with van der Waals surface area (Å²) in [4.78, 5) is 6.80. The molecule has 1 heterocycles. The van der Waals surface area contributed by atoms with E-state index in [0.29, 0.717) is 0 Å². The third-order valence-corrected chi connectivity index (χ3v) is 2.75. The Hall–Kier alpha value is -1.35. The van der Waals surface area contributed by atoms with E-state index in [2.05, 4.69) is 48.6 Å². The predicted molar refractivity (Wildman–Crippen MR) is 78.9 cm³/mol. The monoisotopic (exact) mass is 247 g/mol. The highest BCUT2D eigenvalue weighted by atomic mass is 15.2. The molecular weight excluding hydrogens is 222 g/mol. The Morgan fingerprint density at radius 1 is 1.44 bits per heavy atom. The van der Waals surface area contributed by atoms with Gasteiger partial charge in [0.25, 0.3) is 0 Å². The van der Waals surface area contributed by atoms with Gasteiger partial charge in [-0.2, -0.15) is 0 Å². The van der Waals surface area contributed by atoms with Crippen molar-refractivity contribution in [2.75, 3.05) is 24.5 Å². The minimum absolute atomic E-state index is 0.869. The zero-order chi connectivity index (χ0) is 13.4. The molecule has 0 aromatic carbocycles. The number of nitrogens with one attached hydrogen (secondary N) is 1. The Labute approximate surface area is 111 Å². The quantitative estimate of drug-likeness (QED) is 0.565. The van der Waals surface area contributed by atoms with Gasteiger partial charge in [-0.05, 0) is 32.9 Å². The molecule has 1 rings (SSSR count). The first-order chi connectivity index (χ1) is 8.69. The molecule has 0 aliphatic carbocycles. The van der Waals surface area contributed by atoms with Crippen LogP contribution >= 0.6 is 0 Å². The highest BCUT2D eigenvalue weighted by molar-refractivity contribution is 5.47. The minimum atomic E-state index is 0.869. The van der Waals surface area contributed by atoms with E-state index in [1.165, 1.54) is 5.56 Å². The first-order valence-electron chi connectivity index (χ1n) is 6.73. The Morgan fingerprint density at radius 3 is 2.83 bits per heavy atom. The summed E-state index contributed by atoms with van der Waals surface area (Å²) < 4.78 is 0. The van der Waals surface area contributed by atoms with Gasteiger partial charge in [0.1, 0.15) is 5.82 Å². The van der Waals surface area contributed by atoms with Crippen LogP contribution in [0.1, 0.15) is 32.8 Å². The van der Waals surface area contributed by atoms with E-state index < -0.39 is 0 Å². The second kappa shape index (κ2) is 7.88. The average Bonchev–Trinajstić information content (AvgIpc) is 2.37. The lowest BCUT2D eigenvalue weighted by atomic mass is 10.2. The summed E-state index contributed by atoms with van der Waals surface area (Å²) in [5, 5.41) is 3.43. The maximum atomic E-state index is 4.53. The van der Waals surface area contributed by atoms with Crippen LogP contribution in [0.4, 0.5) is 5.82 Å². The van der Waals surface area contributed by atoms with E-state index >= 15 is 0 Å². The van der Waals surface area contributed by atoms with Crippen molar-refractivity contribution in [3.05, 3.63) is 36.0 Å². The summed E-state index contributed by atoms with van der Waals surface area (Å²) in [6, 6.07) is 4.15. The standard InChI is InChI=1S/C15H25N3/c1-5-9-16-11-14-8-7-10-17-15(14)18(6-2)12-13(3)4/h7-8,10,16H,3,5-6,9,11-12H2,1-2,4H3. The van der Waals surface area contributed by atoms with Gasteiger partial charge < -0.3 is 10.2 Å². The smallest absolute Gasteiger partial charge is 0.133 e. The largest absolute Gasteiger partial charge is 0.353 e. The van der Waals surface area contributed by atoms with Crippen LogP contribution in [-0.2, 0) is 6.54 Å². The lowest BCUT2D eigenvalue weighted by molar-refractivity contribution is 0.671. The molecule has 0 radical (unpaired) electrons. The van der Waals surface area contributed by atoms with Crippen molar-refractivity contribution in [3.8, 4) is 0 Å². The van der Waals surface area contributed by atoms with E-state index in [9.17, 15) is 0 Å². The SMILES string of the molecule is C=C(C)CN(CC)c1ncccc1CNCCC. The molecule has 1 aromatic heterocycles. The van der Waals surface area contributed by atoms with E-state index in [0.717, 1.165) is 44.0 Å². The van der Waals surface area contributed by atoms with E-state index in [-0.39, 0.29) is 0 Å². The molecule has 0 aliphatic rings. The average molecular weight is 247 g/mol. The molecule has 0 bridgehead atoms. The molecule has 18 heavy (non-hydrogen) atoms. The van der Waals surface area contributed by atoms with Crippen LogP contribution in [0.3, 0.4) is 0 Å². The van der Waals surface area contributed by atoms with Crippen LogP contribution in [0.25, 0.3) is 0 Å². The summed E-state index contributed by atoms with van der Waals surface area (Å²) in [6.45, 7) is 14.1. The molecule has 0 spiro atoms. The summed E-state index contributed by atoms with van der Waals surface area (Å²) in [7, 11) is 0. The number of anilines is 1. The van der Waals surface area contributed by atoms with Crippen LogP contribution in [0.2, 0.25) is 0 Å². The van der Waals surface area contributed by atoms with E-state index in [4.69, 9.17) is 0 Å². The van der Waals surface area contributed by atoms with Gasteiger partial charge >= 0.3 is 0 Å². The molecule has 0 saturated carbocycles. The van der Waals surface area contributed by atoms with Gasteiger partial charge in [-0.15, -0.1) is 0 Å². The number of nitrogens with zero attached hydrogens (tertiary/aromatic N) is 2. The van der Waals surface area contributed by atoms with Crippen LogP contribution in [0.15, 0.2) is 30.5 Å². The second-order valence-electron chi connectivity index (χ2n) is 4.63. The fourth-order valence-electron chi connectivity index (χ4n) is 1.92. The number of hydrogen-bond donors (Lipinski definition) is 1. The van der Waals surface area contributed by atoms with Crippen LogP contribution in [0.5, 0.6) is 0 Å². The Morgan fingerprint density at radius 2 is 2.22 bits per heavy atom. The van der Waals surface area contributed by atoms with Crippen molar-refractivity contribution in [2.45, 2.75) is 33.7 Å². The molecule has 0 saturated heterocycles. The maximum Gasteiger partial charge on any atom is 0.133 e. The number of hydrogen-bond acceptors (Lipinski definition) is 3. The first-order valence-corrected chi connectivity index (χ1v) is 6.73. The lowest BCUT2D eigenvalue weighted by Gasteiger charge is -2.24. The highest BCUT2D eigenvalue weighted by Crippen LogP contribution is 2.17. The molecule has 1 aromatic rings. The maximum absolute atomic E-state index is 4.53.